The topological polar surface area (TPSA) is 102 Å². The smallest absolute Gasteiger partial charge is 0.249 e. The van der Waals surface area contributed by atoms with E-state index >= 15 is 0 Å². The Kier molecular flexibility index (Phi) is 5.03. The number of aromatic nitrogens is 5. The van der Waals surface area contributed by atoms with Crippen LogP contribution in [0.15, 0.2) is 28.8 Å². The van der Waals surface area contributed by atoms with E-state index in [1.165, 1.54) is 0 Å². The number of aliphatic hydroxyl groups excluding tert-OH is 1. The summed E-state index contributed by atoms with van der Waals surface area (Å²) in [5.41, 5.74) is 1.30. The van der Waals surface area contributed by atoms with Crippen molar-refractivity contribution in [3.8, 4) is 5.82 Å². The van der Waals surface area contributed by atoms with Crippen LogP contribution < -0.4 is 5.32 Å². The fourth-order valence-electron chi connectivity index (χ4n) is 3.39. The van der Waals surface area contributed by atoms with Crippen LogP contribution >= 0.6 is 0 Å². The van der Waals surface area contributed by atoms with Crippen LogP contribution in [0.4, 0.5) is 14.6 Å². The van der Waals surface area contributed by atoms with Crippen molar-refractivity contribution in [3.05, 3.63) is 47.4 Å². The number of halogens is 2. The van der Waals surface area contributed by atoms with Crippen LogP contribution in [0.25, 0.3) is 5.82 Å². The molecule has 10 heteroatoms. The Hall–Kier alpha value is -2.88. The summed E-state index contributed by atoms with van der Waals surface area (Å²) in [6.45, 7) is 3.50. The van der Waals surface area contributed by atoms with Gasteiger partial charge in [0, 0.05) is 32.0 Å². The lowest BCUT2D eigenvalue weighted by atomic mass is 9.92. The molecule has 1 fully saturated rings. The highest BCUT2D eigenvalue weighted by Gasteiger charge is 2.35. The largest absolute Gasteiger partial charge is 0.422 e. The normalized spacial score (nSPS) is 18.0. The van der Waals surface area contributed by atoms with E-state index in [0.717, 1.165) is 5.69 Å². The van der Waals surface area contributed by atoms with Crippen molar-refractivity contribution >= 4 is 5.82 Å². The van der Waals surface area contributed by atoms with Gasteiger partial charge in [0.25, 0.3) is 0 Å². The average Bonchev–Trinajstić information content (AvgIpc) is 3.31. The summed E-state index contributed by atoms with van der Waals surface area (Å²) < 4.78 is 33.8. The fraction of sp³-hybridized carbons (Fsp3) is 0.474. The number of anilines is 1. The van der Waals surface area contributed by atoms with Crippen molar-refractivity contribution in [1.29, 1.82) is 0 Å². The van der Waals surface area contributed by atoms with Gasteiger partial charge in [-0.15, -0.1) is 10.2 Å². The number of nitrogens with zero attached hydrogens (tertiary/aromatic N) is 5. The van der Waals surface area contributed by atoms with Crippen LogP contribution in [0.3, 0.4) is 0 Å². The second kappa shape index (κ2) is 7.51. The summed E-state index contributed by atoms with van der Waals surface area (Å²) in [5, 5.41) is 25.9. The van der Waals surface area contributed by atoms with E-state index in [4.69, 9.17) is 4.42 Å². The van der Waals surface area contributed by atoms with Crippen molar-refractivity contribution in [2.45, 2.75) is 57.6 Å². The van der Waals surface area contributed by atoms with Crippen LogP contribution in [0.2, 0.25) is 0 Å². The zero-order valence-corrected chi connectivity index (χ0v) is 16.1. The zero-order chi connectivity index (χ0) is 20.6. The van der Waals surface area contributed by atoms with Gasteiger partial charge in [-0.2, -0.15) is 5.10 Å². The molecule has 0 bridgehead atoms. The first kappa shape index (κ1) is 19.4. The van der Waals surface area contributed by atoms with Crippen molar-refractivity contribution in [3.63, 3.8) is 0 Å². The minimum absolute atomic E-state index is 0.0690. The number of hydrogen-bond donors (Lipinski definition) is 2. The SMILES string of the molecule is Cc1ccn(-c2cc(C(O)c3nnc(C)o3)cc(NC3CCC(F)(F)CC3)n2)n1. The molecule has 1 saturated carbocycles. The Morgan fingerprint density at radius 1 is 1.24 bits per heavy atom. The molecule has 1 atom stereocenters. The van der Waals surface area contributed by atoms with Crippen molar-refractivity contribution in [2.24, 2.45) is 0 Å². The molecule has 29 heavy (non-hydrogen) atoms. The Morgan fingerprint density at radius 3 is 2.62 bits per heavy atom. The predicted octanol–water partition coefficient (Wildman–Crippen LogP) is 3.34. The second-order valence-electron chi connectivity index (χ2n) is 7.38. The summed E-state index contributed by atoms with van der Waals surface area (Å²) in [7, 11) is 0. The third-order valence-electron chi connectivity index (χ3n) is 4.95. The number of alkyl halides is 2. The van der Waals surface area contributed by atoms with E-state index < -0.39 is 12.0 Å². The lowest BCUT2D eigenvalue weighted by Gasteiger charge is -2.29. The van der Waals surface area contributed by atoms with Gasteiger partial charge in [-0.25, -0.2) is 18.4 Å². The molecule has 1 aliphatic carbocycles. The van der Waals surface area contributed by atoms with Gasteiger partial charge in [0.05, 0.1) is 5.69 Å². The van der Waals surface area contributed by atoms with Gasteiger partial charge < -0.3 is 14.8 Å². The maximum Gasteiger partial charge on any atom is 0.249 e. The van der Waals surface area contributed by atoms with Crippen molar-refractivity contribution in [2.75, 3.05) is 5.32 Å². The van der Waals surface area contributed by atoms with Gasteiger partial charge in [0.15, 0.2) is 11.9 Å². The van der Waals surface area contributed by atoms with E-state index in [2.05, 4.69) is 25.6 Å². The van der Waals surface area contributed by atoms with Crippen LogP contribution in [-0.4, -0.2) is 42.0 Å². The van der Waals surface area contributed by atoms with E-state index in [9.17, 15) is 13.9 Å². The first-order chi connectivity index (χ1) is 13.8. The molecule has 2 N–H and O–H groups in total. The summed E-state index contributed by atoms with van der Waals surface area (Å²) in [4.78, 5) is 4.55. The minimum atomic E-state index is -2.60. The quantitative estimate of drug-likeness (QED) is 0.672. The van der Waals surface area contributed by atoms with Gasteiger partial charge in [0.2, 0.25) is 17.7 Å². The summed E-state index contributed by atoms with van der Waals surface area (Å²) in [5.74, 6) is -1.24. The average molecular weight is 404 g/mol. The van der Waals surface area contributed by atoms with E-state index in [1.807, 2.05) is 13.0 Å². The molecular formula is C19H22F2N6O2. The molecule has 0 amide bonds. The molecular weight excluding hydrogens is 382 g/mol. The van der Waals surface area contributed by atoms with E-state index in [1.54, 1.807) is 29.9 Å². The van der Waals surface area contributed by atoms with Gasteiger partial charge in [-0.1, -0.05) is 0 Å². The van der Waals surface area contributed by atoms with Gasteiger partial charge in [0.1, 0.15) is 5.82 Å². The van der Waals surface area contributed by atoms with Crippen LogP contribution in [0, 0.1) is 13.8 Å². The van der Waals surface area contributed by atoms with Crippen LogP contribution in [-0.2, 0) is 0 Å². The Bertz CT molecular complexity index is 992. The predicted molar refractivity (Wildman–Crippen MR) is 100 cm³/mol. The first-order valence-corrected chi connectivity index (χ1v) is 9.46. The van der Waals surface area contributed by atoms with Crippen molar-refractivity contribution < 1.29 is 18.3 Å². The van der Waals surface area contributed by atoms with Gasteiger partial charge >= 0.3 is 0 Å². The highest BCUT2D eigenvalue weighted by atomic mass is 19.3. The maximum absolute atomic E-state index is 13.5. The van der Waals surface area contributed by atoms with Crippen LogP contribution in [0.5, 0.6) is 0 Å². The lowest BCUT2D eigenvalue weighted by Crippen LogP contribution is -2.32. The third kappa shape index (κ3) is 4.42. The Morgan fingerprint density at radius 2 is 2.00 bits per heavy atom. The standard InChI is InChI=1S/C19H22F2N6O2/c1-11-5-8-27(26-11)16-10-13(17(28)18-25-24-12(2)29-18)9-15(23-16)22-14-3-6-19(20,21)7-4-14/h5,8-10,14,17,28H,3-4,6-7H2,1-2H3,(H,22,23). The van der Waals surface area contributed by atoms with E-state index in [0.29, 0.717) is 35.9 Å². The summed E-state index contributed by atoms with van der Waals surface area (Å²) >= 11 is 0. The molecule has 0 aliphatic heterocycles. The molecule has 1 aliphatic rings. The molecule has 0 saturated heterocycles. The van der Waals surface area contributed by atoms with Crippen molar-refractivity contribution in [1.82, 2.24) is 25.0 Å². The molecule has 1 unspecified atom stereocenters. The number of hydrogen-bond acceptors (Lipinski definition) is 7. The Labute approximate surface area is 166 Å². The maximum atomic E-state index is 13.5. The van der Waals surface area contributed by atoms with Crippen LogP contribution in [0.1, 0.15) is 54.8 Å². The Balaban J connectivity index is 1.65. The van der Waals surface area contributed by atoms with Gasteiger partial charge in [-0.05, 0) is 43.5 Å². The fourth-order valence-corrected chi connectivity index (χ4v) is 3.39. The number of nitrogens with one attached hydrogen (secondary N) is 1. The van der Waals surface area contributed by atoms with Gasteiger partial charge in [-0.3, -0.25) is 0 Å². The molecule has 154 valence electrons. The minimum Gasteiger partial charge on any atom is -0.422 e. The number of pyridine rings is 1. The number of aryl methyl sites for hydroxylation is 2. The highest BCUT2D eigenvalue weighted by Crippen LogP contribution is 2.34. The molecule has 3 aromatic heterocycles. The first-order valence-electron chi connectivity index (χ1n) is 9.46. The number of rotatable bonds is 5. The van der Waals surface area contributed by atoms with E-state index in [-0.39, 0.29) is 24.8 Å². The monoisotopic (exact) mass is 404 g/mol. The third-order valence-corrected chi connectivity index (χ3v) is 4.95. The molecule has 3 heterocycles. The summed E-state index contributed by atoms with van der Waals surface area (Å²) in [6, 6.07) is 5.06. The second-order valence-corrected chi connectivity index (χ2v) is 7.38. The molecule has 4 rings (SSSR count). The highest BCUT2D eigenvalue weighted by molar-refractivity contribution is 5.46. The molecule has 0 spiro atoms. The summed E-state index contributed by atoms with van der Waals surface area (Å²) in [6.07, 6.45) is 1.00. The molecule has 8 nitrogen and oxygen atoms in total. The zero-order valence-electron chi connectivity index (χ0n) is 16.1. The number of aliphatic hydroxyl groups is 1. The molecule has 0 aromatic carbocycles. The molecule has 3 aromatic rings. The molecule has 0 radical (unpaired) electrons. The lowest BCUT2D eigenvalue weighted by molar-refractivity contribution is -0.0361.